The molecule has 1 saturated carbocycles. The van der Waals surface area contributed by atoms with Crippen LogP contribution in [-0.2, 0) is 20.7 Å². The molecular formula is C23H34O5Si. The summed E-state index contributed by atoms with van der Waals surface area (Å²) in [6.45, 7) is 8.21. The lowest BCUT2D eigenvalue weighted by Gasteiger charge is -2.38. The molecule has 160 valence electrons. The number of ether oxygens (including phenoxy) is 2. The summed E-state index contributed by atoms with van der Waals surface area (Å²) >= 11 is 0. The zero-order valence-electron chi connectivity index (χ0n) is 18.2. The van der Waals surface area contributed by atoms with Gasteiger partial charge in [-0.25, -0.2) is 0 Å². The normalized spacial score (nSPS) is 25.9. The number of benzene rings is 1. The van der Waals surface area contributed by atoms with Gasteiger partial charge >= 0.3 is 5.97 Å². The summed E-state index contributed by atoms with van der Waals surface area (Å²) in [7, 11) is -0.926. The van der Waals surface area contributed by atoms with Crippen molar-refractivity contribution in [2.75, 3.05) is 7.11 Å². The second kappa shape index (κ2) is 8.23. The molecule has 0 radical (unpaired) electrons. The molecule has 0 saturated heterocycles. The molecule has 29 heavy (non-hydrogen) atoms. The van der Waals surface area contributed by atoms with Gasteiger partial charge in [0.05, 0.1) is 7.11 Å². The second-order valence-corrected chi connectivity index (χ2v) is 14.3. The monoisotopic (exact) mass is 418 g/mol. The van der Waals surface area contributed by atoms with Gasteiger partial charge in [-0.1, -0.05) is 32.0 Å². The maximum absolute atomic E-state index is 12.1. The molecule has 1 aromatic rings. The van der Waals surface area contributed by atoms with Crippen LogP contribution in [0.4, 0.5) is 0 Å². The molecular weight excluding hydrogens is 384 g/mol. The minimum absolute atomic E-state index is 0.0197. The van der Waals surface area contributed by atoms with Gasteiger partial charge in [0.25, 0.3) is 0 Å². The first kappa shape index (κ1) is 22.0. The van der Waals surface area contributed by atoms with Crippen molar-refractivity contribution in [2.24, 2.45) is 11.8 Å². The Morgan fingerprint density at radius 1 is 1.38 bits per heavy atom. The summed E-state index contributed by atoms with van der Waals surface area (Å²) in [5.74, 6) is 0.952. The molecule has 5 nitrogen and oxygen atoms in total. The van der Waals surface area contributed by atoms with Gasteiger partial charge in [-0.2, -0.15) is 0 Å². The summed E-state index contributed by atoms with van der Waals surface area (Å²) in [6.07, 6.45) is 4.68. The van der Waals surface area contributed by atoms with E-state index in [4.69, 9.17) is 9.47 Å². The molecule has 0 amide bonds. The zero-order valence-corrected chi connectivity index (χ0v) is 19.2. The lowest BCUT2D eigenvalue weighted by Crippen LogP contribution is -2.40. The largest absolute Gasteiger partial charge is 0.489 e. The van der Waals surface area contributed by atoms with Gasteiger partial charge in [-0.3, -0.25) is 4.79 Å². The third-order valence-electron chi connectivity index (χ3n) is 7.29. The van der Waals surface area contributed by atoms with E-state index in [9.17, 15) is 14.4 Å². The Morgan fingerprint density at radius 3 is 2.72 bits per heavy atom. The molecule has 1 heterocycles. The van der Waals surface area contributed by atoms with Crippen molar-refractivity contribution in [3.63, 3.8) is 0 Å². The van der Waals surface area contributed by atoms with Gasteiger partial charge in [0.2, 0.25) is 0 Å². The fourth-order valence-electron chi connectivity index (χ4n) is 4.88. The second-order valence-electron chi connectivity index (χ2n) is 9.80. The molecule has 1 aromatic carbocycles. The summed E-state index contributed by atoms with van der Waals surface area (Å²) in [5.41, 5.74) is 2.23. The lowest BCUT2D eigenvalue weighted by molar-refractivity contribution is -0.140. The predicted octanol–water partition coefficient (Wildman–Crippen LogP) is 4.23. The maximum atomic E-state index is 12.1. The van der Waals surface area contributed by atoms with E-state index in [2.05, 4.69) is 19.9 Å². The number of carbonyl (C=O) groups is 2. The Morgan fingerprint density at radius 2 is 2.10 bits per heavy atom. The summed E-state index contributed by atoms with van der Waals surface area (Å²) in [6, 6.07) is 6.16. The van der Waals surface area contributed by atoms with Crippen LogP contribution in [-0.4, -0.2) is 38.6 Å². The highest BCUT2D eigenvalue weighted by molar-refractivity contribution is 6.72. The molecule has 3 rings (SSSR count). The van der Waals surface area contributed by atoms with Crippen LogP contribution in [0.2, 0.25) is 18.1 Å². The Balaban J connectivity index is 1.77. The van der Waals surface area contributed by atoms with Crippen LogP contribution in [0.25, 0.3) is 0 Å². The minimum Gasteiger partial charge on any atom is -0.489 e. The number of fused-ring (bicyclic) bond motifs is 3. The van der Waals surface area contributed by atoms with Gasteiger partial charge < -0.3 is 19.1 Å². The van der Waals surface area contributed by atoms with E-state index < -0.39 is 8.32 Å². The number of methoxy groups -OCH3 is 1. The highest BCUT2D eigenvalue weighted by Crippen LogP contribution is 2.56. The Labute approximate surface area is 174 Å². The highest BCUT2D eigenvalue weighted by atomic mass is 28.4. The van der Waals surface area contributed by atoms with Crippen LogP contribution in [0.1, 0.15) is 56.6 Å². The van der Waals surface area contributed by atoms with Gasteiger partial charge in [0, 0.05) is 23.8 Å². The third kappa shape index (κ3) is 4.28. The van der Waals surface area contributed by atoms with Crippen molar-refractivity contribution in [3.05, 3.63) is 29.3 Å². The van der Waals surface area contributed by atoms with Crippen LogP contribution in [0.5, 0.6) is 5.75 Å². The van der Waals surface area contributed by atoms with Crippen molar-refractivity contribution in [1.82, 2.24) is 0 Å². The molecule has 0 unspecified atom stereocenters. The number of aryl methyl sites for hydroxylation is 1. The first-order chi connectivity index (χ1) is 13.6. The number of hydrogen-bond acceptors (Lipinski definition) is 5. The molecule has 0 aromatic heterocycles. The lowest BCUT2D eigenvalue weighted by atomic mass is 9.82. The van der Waals surface area contributed by atoms with E-state index >= 15 is 0 Å². The van der Waals surface area contributed by atoms with Crippen LogP contribution >= 0.6 is 0 Å². The number of aldehydes is 1. The van der Waals surface area contributed by atoms with Crippen LogP contribution in [0, 0.1) is 11.8 Å². The molecule has 2 aliphatic rings. The van der Waals surface area contributed by atoms with E-state index in [1.165, 1.54) is 7.11 Å². The molecule has 4 atom stereocenters. The minimum atomic E-state index is -2.33. The Hall–Kier alpha value is -1.66. The quantitative estimate of drug-likeness (QED) is 0.389. The van der Waals surface area contributed by atoms with Crippen molar-refractivity contribution in [1.29, 1.82) is 0 Å². The molecule has 0 spiro atoms. The number of hydrogen-bond donors (Lipinski definition) is 1. The number of carbonyl (C=O) groups excluding carboxylic acids is 2. The van der Waals surface area contributed by atoms with E-state index in [0.717, 1.165) is 42.4 Å². The Bertz CT molecular complexity index is 767. The van der Waals surface area contributed by atoms with Gasteiger partial charge in [0.1, 0.15) is 18.1 Å². The van der Waals surface area contributed by atoms with E-state index in [-0.39, 0.29) is 34.9 Å². The van der Waals surface area contributed by atoms with Crippen molar-refractivity contribution >= 4 is 20.6 Å². The number of para-hydroxylation sites is 1. The van der Waals surface area contributed by atoms with Crippen LogP contribution in [0.3, 0.4) is 0 Å². The summed E-state index contributed by atoms with van der Waals surface area (Å²) in [4.78, 5) is 34.2. The van der Waals surface area contributed by atoms with Gasteiger partial charge in [-0.05, 0) is 55.3 Å². The number of rotatable bonds is 8. The van der Waals surface area contributed by atoms with E-state index in [1.807, 2.05) is 25.2 Å². The highest BCUT2D eigenvalue weighted by Gasteiger charge is 2.52. The molecule has 0 bridgehead atoms. The van der Waals surface area contributed by atoms with E-state index in [0.29, 0.717) is 12.8 Å². The maximum Gasteiger partial charge on any atom is 0.305 e. The van der Waals surface area contributed by atoms with E-state index in [1.54, 1.807) is 0 Å². The molecule has 1 fully saturated rings. The number of esters is 1. The summed E-state index contributed by atoms with van der Waals surface area (Å²) in [5, 5.41) is -0.157. The average Bonchev–Trinajstić information content (AvgIpc) is 3.16. The Kier molecular flexibility index (Phi) is 6.25. The first-order valence-corrected chi connectivity index (χ1v) is 13.6. The van der Waals surface area contributed by atoms with Crippen LogP contribution < -0.4 is 4.74 Å². The van der Waals surface area contributed by atoms with Crippen molar-refractivity contribution in [2.45, 2.75) is 76.1 Å². The van der Waals surface area contributed by atoms with Crippen LogP contribution in [0.15, 0.2) is 18.2 Å². The fourth-order valence-corrected chi connectivity index (χ4v) is 5.64. The molecule has 1 aliphatic heterocycles. The average molecular weight is 419 g/mol. The van der Waals surface area contributed by atoms with Gasteiger partial charge in [0.15, 0.2) is 8.32 Å². The smallest absolute Gasteiger partial charge is 0.305 e. The summed E-state index contributed by atoms with van der Waals surface area (Å²) < 4.78 is 11.1. The zero-order chi connectivity index (χ0) is 21.4. The SMILES string of the molecule is COC(=O)CCCc1cccc2c1O[C@H]1C[C@@H](CC(C)(C)[Si](C)(C)O)[C@H](C=O)[C@@H]21. The van der Waals surface area contributed by atoms with Gasteiger partial charge in [-0.15, -0.1) is 0 Å². The third-order valence-corrected chi connectivity index (χ3v) is 10.8. The molecule has 6 heteroatoms. The van der Waals surface area contributed by atoms with Crippen molar-refractivity contribution in [3.8, 4) is 5.75 Å². The fraction of sp³-hybridized carbons (Fsp3) is 0.652. The first-order valence-electron chi connectivity index (χ1n) is 10.6. The topological polar surface area (TPSA) is 72.8 Å². The molecule has 1 N–H and O–H groups in total. The van der Waals surface area contributed by atoms with Crippen molar-refractivity contribution < 1.29 is 23.9 Å². The predicted molar refractivity (Wildman–Crippen MR) is 115 cm³/mol. The molecule has 1 aliphatic carbocycles. The standard InChI is InChI=1S/C23H34O5Si/c1-23(2,29(4,5)26)13-16-12-19-21(18(16)14-24)17-10-6-8-15(22(17)28-19)9-7-11-20(25)27-3/h6,8,10,14,16,18-19,21,26H,7,9,11-13H2,1-5H3/t16-,18-,19-,21+/m0/s1.